The molecular weight excluding hydrogens is 234 g/mol. The highest BCUT2D eigenvalue weighted by Crippen LogP contribution is 2.60. The van der Waals surface area contributed by atoms with E-state index >= 15 is 0 Å². The van der Waals surface area contributed by atoms with Crippen LogP contribution in [0, 0.1) is 23.7 Å². The summed E-state index contributed by atoms with van der Waals surface area (Å²) in [7, 11) is 0. The Balaban J connectivity index is 1.67. The van der Waals surface area contributed by atoms with Crippen LogP contribution in [0.3, 0.4) is 0 Å². The van der Waals surface area contributed by atoms with Crippen molar-refractivity contribution in [1.29, 1.82) is 0 Å². The molecule has 1 aromatic rings. The summed E-state index contributed by atoms with van der Waals surface area (Å²) in [6, 6.07) is 0. The molecular formula is C16H23N3. The summed E-state index contributed by atoms with van der Waals surface area (Å²) in [5.74, 6) is 5.25. The van der Waals surface area contributed by atoms with Crippen molar-refractivity contribution >= 4 is 5.82 Å². The molecule has 19 heavy (non-hydrogen) atoms. The summed E-state index contributed by atoms with van der Waals surface area (Å²) in [6.45, 7) is 4.56. The fourth-order valence-corrected chi connectivity index (χ4v) is 5.32. The molecule has 1 heterocycles. The Labute approximate surface area is 114 Å². The van der Waals surface area contributed by atoms with Crippen LogP contribution in [0.4, 0.5) is 5.82 Å². The van der Waals surface area contributed by atoms with Crippen LogP contribution in [0.25, 0.3) is 0 Å². The highest BCUT2D eigenvalue weighted by Gasteiger charge is 2.49. The summed E-state index contributed by atoms with van der Waals surface area (Å²) in [5, 5.41) is 0. The maximum absolute atomic E-state index is 6.32. The van der Waals surface area contributed by atoms with Crippen molar-refractivity contribution < 1.29 is 0 Å². The van der Waals surface area contributed by atoms with Gasteiger partial charge in [-0.25, -0.2) is 4.98 Å². The third-order valence-electron chi connectivity index (χ3n) is 5.78. The van der Waals surface area contributed by atoms with E-state index < -0.39 is 0 Å². The van der Waals surface area contributed by atoms with Gasteiger partial charge in [-0.3, -0.25) is 0 Å². The van der Waals surface area contributed by atoms with Gasteiger partial charge in [-0.15, -0.1) is 6.58 Å². The minimum atomic E-state index is 0.638. The van der Waals surface area contributed by atoms with Crippen molar-refractivity contribution in [1.82, 2.24) is 9.55 Å². The third-order valence-corrected chi connectivity index (χ3v) is 5.78. The Morgan fingerprint density at radius 2 is 1.84 bits per heavy atom. The molecule has 3 nitrogen and oxygen atoms in total. The van der Waals surface area contributed by atoms with Gasteiger partial charge in [-0.05, 0) is 55.8 Å². The third kappa shape index (κ3) is 1.67. The molecule has 102 valence electrons. The monoisotopic (exact) mass is 257 g/mol. The Kier molecular flexibility index (Phi) is 2.51. The van der Waals surface area contributed by atoms with Crippen LogP contribution in [0.2, 0.25) is 0 Å². The van der Waals surface area contributed by atoms with E-state index in [9.17, 15) is 0 Å². The van der Waals surface area contributed by atoms with Gasteiger partial charge in [0.15, 0.2) is 0 Å². The van der Waals surface area contributed by atoms with E-state index in [0.717, 1.165) is 36.0 Å². The van der Waals surface area contributed by atoms with Gasteiger partial charge in [0.25, 0.3) is 0 Å². The average Bonchev–Trinajstić information content (AvgIpc) is 2.71. The lowest BCUT2D eigenvalue weighted by Crippen LogP contribution is -2.44. The summed E-state index contributed by atoms with van der Waals surface area (Å²) in [4.78, 5) is 4.67. The molecule has 4 aliphatic carbocycles. The van der Waals surface area contributed by atoms with Gasteiger partial charge in [-0.1, -0.05) is 6.08 Å². The molecule has 4 aliphatic rings. The number of rotatable bonds is 3. The van der Waals surface area contributed by atoms with Crippen LogP contribution in [-0.4, -0.2) is 9.55 Å². The van der Waals surface area contributed by atoms with E-state index in [1.165, 1.54) is 37.8 Å². The number of nitrogens with two attached hydrogens (primary N) is 1. The number of nitrogen functional groups attached to an aromatic ring is 1. The molecule has 3 heteroatoms. The van der Waals surface area contributed by atoms with E-state index in [1.807, 2.05) is 17.0 Å². The Morgan fingerprint density at radius 1 is 1.21 bits per heavy atom. The second-order valence-electron chi connectivity index (χ2n) is 6.91. The SMILES string of the molecule is C=CCn1cnc(C2C3CC4CC(C3)CC2C4)c1N. The molecule has 0 saturated heterocycles. The van der Waals surface area contributed by atoms with E-state index in [1.54, 1.807) is 0 Å². The molecule has 4 saturated carbocycles. The van der Waals surface area contributed by atoms with E-state index in [0.29, 0.717) is 5.92 Å². The van der Waals surface area contributed by atoms with Gasteiger partial charge in [0.05, 0.1) is 12.0 Å². The van der Waals surface area contributed by atoms with Crippen LogP contribution < -0.4 is 5.73 Å². The van der Waals surface area contributed by atoms with Gasteiger partial charge in [-0.2, -0.15) is 0 Å². The first kappa shape index (κ1) is 11.6. The van der Waals surface area contributed by atoms with Crippen LogP contribution in [0.15, 0.2) is 19.0 Å². The fourth-order valence-electron chi connectivity index (χ4n) is 5.32. The molecule has 0 atom stereocenters. The highest BCUT2D eigenvalue weighted by atomic mass is 15.1. The molecule has 0 radical (unpaired) electrons. The highest BCUT2D eigenvalue weighted by molar-refractivity contribution is 5.40. The number of nitrogens with zero attached hydrogens (tertiary/aromatic N) is 2. The van der Waals surface area contributed by atoms with Gasteiger partial charge >= 0.3 is 0 Å². The molecule has 0 amide bonds. The summed E-state index contributed by atoms with van der Waals surface area (Å²) >= 11 is 0. The number of allylic oxidation sites excluding steroid dienone is 1. The van der Waals surface area contributed by atoms with Crippen molar-refractivity contribution in [2.24, 2.45) is 23.7 Å². The smallest absolute Gasteiger partial charge is 0.127 e. The topological polar surface area (TPSA) is 43.8 Å². The van der Waals surface area contributed by atoms with Gasteiger partial charge < -0.3 is 10.3 Å². The Hall–Kier alpha value is -1.25. The average molecular weight is 257 g/mol. The maximum atomic E-state index is 6.32. The zero-order valence-corrected chi connectivity index (χ0v) is 11.5. The van der Waals surface area contributed by atoms with Crippen LogP contribution >= 0.6 is 0 Å². The van der Waals surface area contributed by atoms with Gasteiger partial charge in [0.2, 0.25) is 0 Å². The number of hydrogen-bond acceptors (Lipinski definition) is 2. The first-order valence-corrected chi connectivity index (χ1v) is 7.67. The molecule has 0 aliphatic heterocycles. The molecule has 0 spiro atoms. The molecule has 4 fully saturated rings. The number of anilines is 1. The molecule has 4 bridgehead atoms. The largest absolute Gasteiger partial charge is 0.384 e. The minimum absolute atomic E-state index is 0.638. The molecule has 0 unspecified atom stereocenters. The van der Waals surface area contributed by atoms with Crippen molar-refractivity contribution in [2.45, 2.75) is 44.6 Å². The predicted octanol–water partition coefficient (Wildman–Crippen LogP) is 3.19. The fraction of sp³-hybridized carbons (Fsp3) is 0.688. The van der Waals surface area contributed by atoms with Crippen molar-refractivity contribution in [2.75, 3.05) is 5.73 Å². The zero-order chi connectivity index (χ0) is 13.0. The van der Waals surface area contributed by atoms with Crippen LogP contribution in [-0.2, 0) is 6.54 Å². The number of imidazole rings is 1. The second-order valence-corrected chi connectivity index (χ2v) is 6.91. The Bertz CT molecular complexity index is 474. The van der Waals surface area contributed by atoms with Crippen molar-refractivity contribution in [3.63, 3.8) is 0 Å². The number of hydrogen-bond donors (Lipinski definition) is 1. The zero-order valence-electron chi connectivity index (χ0n) is 11.5. The van der Waals surface area contributed by atoms with E-state index in [-0.39, 0.29) is 0 Å². The van der Waals surface area contributed by atoms with Crippen LogP contribution in [0.5, 0.6) is 0 Å². The van der Waals surface area contributed by atoms with Crippen LogP contribution in [0.1, 0.15) is 43.7 Å². The molecule has 1 aromatic heterocycles. The quantitative estimate of drug-likeness (QED) is 0.845. The first-order valence-electron chi connectivity index (χ1n) is 7.67. The molecule has 2 N–H and O–H groups in total. The predicted molar refractivity (Wildman–Crippen MR) is 76.6 cm³/mol. The first-order chi connectivity index (χ1) is 9.26. The molecule has 5 rings (SSSR count). The van der Waals surface area contributed by atoms with E-state index in [4.69, 9.17) is 5.73 Å². The maximum Gasteiger partial charge on any atom is 0.127 e. The number of aromatic nitrogens is 2. The standard InChI is InChI=1S/C16H23N3/c1-2-3-19-9-18-15(16(19)17)14-12-5-10-4-11(7-12)8-13(14)6-10/h2,9-14H,1,3-8,17H2. The lowest BCUT2D eigenvalue weighted by Gasteiger charge is -2.54. The normalized spacial score (nSPS) is 39.7. The Morgan fingerprint density at radius 3 is 2.42 bits per heavy atom. The van der Waals surface area contributed by atoms with Crippen molar-refractivity contribution in [3.05, 3.63) is 24.7 Å². The molecule has 0 aromatic carbocycles. The lowest BCUT2D eigenvalue weighted by atomic mass is 9.51. The van der Waals surface area contributed by atoms with Crippen molar-refractivity contribution in [3.8, 4) is 0 Å². The van der Waals surface area contributed by atoms with Gasteiger partial charge in [0, 0.05) is 12.5 Å². The second kappa shape index (κ2) is 4.12. The lowest BCUT2D eigenvalue weighted by molar-refractivity contribution is -0.00379. The van der Waals surface area contributed by atoms with E-state index in [2.05, 4.69) is 11.6 Å². The van der Waals surface area contributed by atoms with Gasteiger partial charge in [0.1, 0.15) is 5.82 Å². The minimum Gasteiger partial charge on any atom is -0.384 e. The summed E-state index contributed by atoms with van der Waals surface area (Å²) in [6.07, 6.45) is 11.0. The summed E-state index contributed by atoms with van der Waals surface area (Å²) < 4.78 is 2.04. The summed E-state index contributed by atoms with van der Waals surface area (Å²) in [5.41, 5.74) is 7.51.